The monoisotopic (exact) mass is 175 g/mol. The van der Waals surface area contributed by atoms with E-state index in [9.17, 15) is 0 Å². The van der Waals surface area contributed by atoms with Gasteiger partial charge in [0.05, 0.1) is 0 Å². The Morgan fingerprint density at radius 1 is 1.23 bits per heavy atom. The van der Waals surface area contributed by atoms with E-state index >= 15 is 0 Å². The summed E-state index contributed by atoms with van der Waals surface area (Å²) in [5, 5.41) is 0. The number of nitrogens with one attached hydrogen (secondary N) is 1. The topological polar surface area (TPSA) is 93.6 Å². The van der Waals surface area contributed by atoms with Crippen LogP contribution in [-0.4, -0.2) is 15.0 Å². The minimum Gasteiger partial charge on any atom is -0.399 e. The molecule has 2 aromatic heterocycles. The molecule has 66 valence electrons. The van der Waals surface area contributed by atoms with Crippen molar-refractivity contribution in [3.05, 3.63) is 24.5 Å². The zero-order chi connectivity index (χ0) is 9.26. The Hall–Kier alpha value is -2.04. The predicted octanol–water partition coefficient (Wildman–Crippen LogP) is 0.636. The molecular weight excluding hydrogens is 166 g/mol. The molecule has 0 saturated carbocycles. The molecule has 2 heterocycles. The Kier molecular flexibility index (Phi) is 1.63. The number of pyridine rings is 1. The molecule has 0 amide bonds. The minimum atomic E-state index is 0.395. The Bertz CT molecular complexity index is 386. The molecular formula is C8H9N5. The number of nitrogens with zero attached hydrogens (tertiary/aromatic N) is 2. The van der Waals surface area contributed by atoms with Crippen LogP contribution < -0.4 is 11.5 Å². The fourth-order valence-corrected chi connectivity index (χ4v) is 1.10. The Labute approximate surface area is 74.8 Å². The van der Waals surface area contributed by atoms with E-state index in [4.69, 9.17) is 11.5 Å². The highest BCUT2D eigenvalue weighted by Gasteiger charge is 2.02. The van der Waals surface area contributed by atoms with E-state index in [1.54, 1.807) is 24.5 Å². The van der Waals surface area contributed by atoms with E-state index in [0.29, 0.717) is 23.0 Å². The van der Waals surface area contributed by atoms with Crippen molar-refractivity contribution in [1.29, 1.82) is 0 Å². The maximum Gasteiger partial charge on any atom is 0.156 e. The van der Waals surface area contributed by atoms with Gasteiger partial charge in [0, 0.05) is 24.1 Å². The zero-order valence-corrected chi connectivity index (χ0v) is 6.86. The van der Waals surface area contributed by atoms with Crippen LogP contribution in [0.3, 0.4) is 0 Å². The Balaban J connectivity index is 2.53. The number of H-pyrrole nitrogens is 1. The molecule has 2 aromatic rings. The Morgan fingerprint density at radius 3 is 2.69 bits per heavy atom. The van der Waals surface area contributed by atoms with Gasteiger partial charge in [0.2, 0.25) is 0 Å². The van der Waals surface area contributed by atoms with Gasteiger partial charge in [-0.3, -0.25) is 0 Å². The molecule has 0 aliphatic heterocycles. The lowest BCUT2D eigenvalue weighted by Crippen LogP contribution is -1.96. The number of hydrogen-bond donors (Lipinski definition) is 3. The number of imidazole rings is 1. The lowest BCUT2D eigenvalue weighted by Gasteiger charge is -1.99. The van der Waals surface area contributed by atoms with Gasteiger partial charge in [0.15, 0.2) is 5.82 Å². The highest BCUT2D eigenvalue weighted by Crippen LogP contribution is 2.16. The maximum absolute atomic E-state index is 5.60. The third kappa shape index (κ3) is 1.44. The summed E-state index contributed by atoms with van der Waals surface area (Å²) in [4.78, 5) is 11.0. The molecule has 5 heteroatoms. The van der Waals surface area contributed by atoms with E-state index in [1.165, 1.54) is 0 Å². The van der Waals surface area contributed by atoms with E-state index in [1.807, 2.05) is 0 Å². The van der Waals surface area contributed by atoms with Crippen molar-refractivity contribution in [3.8, 4) is 11.5 Å². The van der Waals surface area contributed by atoms with E-state index in [2.05, 4.69) is 15.0 Å². The molecule has 0 unspecified atom stereocenters. The molecule has 2 rings (SSSR count). The predicted molar refractivity (Wildman–Crippen MR) is 50.6 cm³/mol. The number of nitrogens with two attached hydrogens (primary N) is 2. The SMILES string of the molecule is Nc1cc(N)nc(-c2ncc[nH]2)c1. The van der Waals surface area contributed by atoms with Crippen LogP contribution in [0.1, 0.15) is 0 Å². The molecule has 0 saturated heterocycles. The van der Waals surface area contributed by atoms with E-state index in [0.717, 1.165) is 0 Å². The molecule has 0 aromatic carbocycles. The van der Waals surface area contributed by atoms with Gasteiger partial charge in [-0.1, -0.05) is 0 Å². The third-order valence-corrected chi connectivity index (χ3v) is 1.61. The van der Waals surface area contributed by atoms with Gasteiger partial charge in [-0.05, 0) is 6.07 Å². The van der Waals surface area contributed by atoms with Crippen molar-refractivity contribution < 1.29 is 0 Å². The molecule has 5 N–H and O–H groups in total. The summed E-state index contributed by atoms with van der Waals surface area (Å²) in [5.74, 6) is 1.06. The summed E-state index contributed by atoms with van der Waals surface area (Å²) in [6.07, 6.45) is 3.37. The van der Waals surface area contributed by atoms with Crippen molar-refractivity contribution >= 4 is 11.5 Å². The number of aromatic nitrogens is 3. The number of hydrogen-bond acceptors (Lipinski definition) is 4. The fraction of sp³-hybridized carbons (Fsp3) is 0. The van der Waals surface area contributed by atoms with Crippen molar-refractivity contribution in [2.45, 2.75) is 0 Å². The minimum absolute atomic E-state index is 0.395. The highest BCUT2D eigenvalue weighted by atomic mass is 14.9. The lowest BCUT2D eigenvalue weighted by molar-refractivity contribution is 1.23. The standard InChI is InChI=1S/C8H9N5/c9-5-3-6(13-7(10)4-5)8-11-1-2-12-8/h1-4H,(H,11,12)(H4,9,10,13). The van der Waals surface area contributed by atoms with Gasteiger partial charge in [0.25, 0.3) is 0 Å². The van der Waals surface area contributed by atoms with Gasteiger partial charge >= 0.3 is 0 Å². The summed E-state index contributed by atoms with van der Waals surface area (Å²) in [5.41, 5.74) is 12.4. The summed E-state index contributed by atoms with van der Waals surface area (Å²) >= 11 is 0. The summed E-state index contributed by atoms with van der Waals surface area (Å²) < 4.78 is 0. The number of rotatable bonds is 1. The molecule has 0 bridgehead atoms. The smallest absolute Gasteiger partial charge is 0.156 e. The maximum atomic E-state index is 5.60. The quantitative estimate of drug-likeness (QED) is 0.592. The highest BCUT2D eigenvalue weighted by molar-refractivity contribution is 5.60. The van der Waals surface area contributed by atoms with Crippen molar-refractivity contribution in [3.63, 3.8) is 0 Å². The summed E-state index contributed by atoms with van der Waals surface area (Å²) in [6, 6.07) is 3.32. The summed E-state index contributed by atoms with van der Waals surface area (Å²) in [7, 11) is 0. The second kappa shape index (κ2) is 2.78. The van der Waals surface area contributed by atoms with Crippen molar-refractivity contribution in [1.82, 2.24) is 15.0 Å². The van der Waals surface area contributed by atoms with Crippen LogP contribution in [0.4, 0.5) is 11.5 Å². The number of anilines is 2. The van der Waals surface area contributed by atoms with Gasteiger partial charge in [0.1, 0.15) is 11.5 Å². The molecule has 0 atom stereocenters. The first kappa shape index (κ1) is 7.60. The van der Waals surface area contributed by atoms with Crippen LogP contribution in [-0.2, 0) is 0 Å². The van der Waals surface area contributed by atoms with E-state index < -0.39 is 0 Å². The molecule has 0 spiro atoms. The average molecular weight is 175 g/mol. The van der Waals surface area contributed by atoms with Crippen LogP contribution in [0.15, 0.2) is 24.5 Å². The van der Waals surface area contributed by atoms with Crippen LogP contribution in [0, 0.1) is 0 Å². The largest absolute Gasteiger partial charge is 0.399 e. The van der Waals surface area contributed by atoms with Crippen LogP contribution in [0.5, 0.6) is 0 Å². The second-order valence-corrected chi connectivity index (χ2v) is 2.65. The van der Waals surface area contributed by atoms with Crippen molar-refractivity contribution in [2.75, 3.05) is 11.5 Å². The van der Waals surface area contributed by atoms with Crippen LogP contribution in [0.25, 0.3) is 11.5 Å². The van der Waals surface area contributed by atoms with Gasteiger partial charge in [-0.2, -0.15) is 0 Å². The fourth-order valence-electron chi connectivity index (χ4n) is 1.10. The number of nitrogen functional groups attached to an aromatic ring is 2. The molecule has 5 nitrogen and oxygen atoms in total. The lowest BCUT2D eigenvalue weighted by atomic mass is 10.3. The van der Waals surface area contributed by atoms with Crippen molar-refractivity contribution in [2.24, 2.45) is 0 Å². The third-order valence-electron chi connectivity index (χ3n) is 1.61. The first-order chi connectivity index (χ1) is 6.25. The van der Waals surface area contributed by atoms with Crippen LogP contribution in [0.2, 0.25) is 0 Å². The van der Waals surface area contributed by atoms with Gasteiger partial charge in [-0.15, -0.1) is 0 Å². The van der Waals surface area contributed by atoms with E-state index in [-0.39, 0.29) is 0 Å². The summed E-state index contributed by atoms with van der Waals surface area (Å²) in [6.45, 7) is 0. The first-order valence-corrected chi connectivity index (χ1v) is 3.78. The second-order valence-electron chi connectivity index (χ2n) is 2.65. The molecule has 13 heavy (non-hydrogen) atoms. The van der Waals surface area contributed by atoms with Crippen LogP contribution >= 0.6 is 0 Å². The number of aromatic amines is 1. The Morgan fingerprint density at radius 2 is 2.08 bits per heavy atom. The van der Waals surface area contributed by atoms with Gasteiger partial charge < -0.3 is 16.5 Å². The van der Waals surface area contributed by atoms with Gasteiger partial charge in [-0.25, -0.2) is 9.97 Å². The first-order valence-electron chi connectivity index (χ1n) is 3.78. The average Bonchev–Trinajstić information content (AvgIpc) is 2.53. The molecule has 0 aliphatic carbocycles. The zero-order valence-electron chi connectivity index (χ0n) is 6.86. The normalized spacial score (nSPS) is 10.2. The molecule has 0 radical (unpaired) electrons. The molecule has 0 aliphatic rings. The molecule has 0 fully saturated rings.